The fraction of sp³-hybridized carbons (Fsp3) is 0.333. The second-order valence-corrected chi connectivity index (χ2v) is 5.97. The van der Waals surface area contributed by atoms with Crippen LogP contribution in [0.15, 0.2) is 47.0 Å². The Morgan fingerprint density at radius 3 is 2.92 bits per heavy atom. The summed E-state index contributed by atoms with van der Waals surface area (Å²) < 4.78 is 11.6. The molecule has 0 aliphatic carbocycles. The van der Waals surface area contributed by atoms with Gasteiger partial charge in [0.25, 0.3) is 0 Å². The molecule has 1 aromatic carbocycles. The van der Waals surface area contributed by atoms with Crippen molar-refractivity contribution < 1.29 is 9.15 Å². The van der Waals surface area contributed by atoms with Gasteiger partial charge in [-0.15, -0.1) is 0 Å². The van der Waals surface area contributed by atoms with Gasteiger partial charge in [0.05, 0.1) is 11.4 Å². The van der Waals surface area contributed by atoms with Gasteiger partial charge in [0.15, 0.2) is 0 Å². The lowest BCUT2D eigenvalue weighted by Crippen LogP contribution is -2.31. The highest BCUT2D eigenvalue weighted by Gasteiger charge is 2.30. The van der Waals surface area contributed by atoms with Crippen molar-refractivity contribution in [1.29, 1.82) is 0 Å². The van der Waals surface area contributed by atoms with Crippen molar-refractivity contribution >= 4 is 0 Å². The Kier molecular flexibility index (Phi) is 4.15. The zero-order valence-electron chi connectivity index (χ0n) is 13.5. The highest BCUT2D eigenvalue weighted by atomic mass is 16.5. The number of nitrogens with one attached hydrogen (secondary N) is 2. The Morgan fingerprint density at radius 2 is 2.12 bits per heavy atom. The Bertz CT molecular complexity index is 783. The van der Waals surface area contributed by atoms with Gasteiger partial charge < -0.3 is 14.5 Å². The molecule has 6 heteroatoms. The average molecular weight is 324 g/mol. The first kappa shape index (κ1) is 15.1. The molecule has 2 atom stereocenters. The number of H-pyrrole nitrogens is 1. The summed E-state index contributed by atoms with van der Waals surface area (Å²) in [5, 5.41) is 10.6. The molecule has 2 N–H and O–H groups in total. The molecule has 1 aliphatic rings. The molecule has 2 aromatic heterocycles. The van der Waals surface area contributed by atoms with Crippen LogP contribution in [-0.2, 0) is 11.3 Å². The van der Waals surface area contributed by atoms with Crippen molar-refractivity contribution in [2.24, 2.45) is 0 Å². The third-order valence-electron chi connectivity index (χ3n) is 4.37. The predicted octanol–water partition coefficient (Wildman–Crippen LogP) is 2.99. The zero-order chi connectivity index (χ0) is 16.4. The van der Waals surface area contributed by atoms with Crippen molar-refractivity contribution in [3.63, 3.8) is 0 Å². The lowest BCUT2D eigenvalue weighted by Gasteiger charge is -2.18. The molecule has 6 nitrogen and oxygen atoms in total. The third-order valence-corrected chi connectivity index (χ3v) is 4.37. The van der Waals surface area contributed by atoms with E-state index in [-0.39, 0.29) is 12.1 Å². The second-order valence-electron chi connectivity index (χ2n) is 5.97. The average Bonchev–Trinajstić information content (AvgIpc) is 3.34. The summed E-state index contributed by atoms with van der Waals surface area (Å²) in [7, 11) is 0. The van der Waals surface area contributed by atoms with Crippen molar-refractivity contribution in [1.82, 2.24) is 20.5 Å². The Labute approximate surface area is 140 Å². The molecule has 4 rings (SSSR count). The molecule has 1 saturated heterocycles. The number of hydrogen-bond acceptors (Lipinski definition) is 5. The number of aromatic nitrogens is 3. The van der Waals surface area contributed by atoms with Gasteiger partial charge in [-0.1, -0.05) is 18.2 Å². The Morgan fingerprint density at radius 1 is 1.25 bits per heavy atom. The minimum absolute atomic E-state index is 0.00769. The molecule has 3 heterocycles. The topological polar surface area (TPSA) is 76.0 Å². The highest BCUT2D eigenvalue weighted by Crippen LogP contribution is 2.28. The first-order valence-corrected chi connectivity index (χ1v) is 8.17. The van der Waals surface area contributed by atoms with Crippen LogP contribution in [0.5, 0.6) is 0 Å². The number of aromatic amines is 1. The second kappa shape index (κ2) is 6.59. The molecule has 24 heavy (non-hydrogen) atoms. The smallest absolute Gasteiger partial charge is 0.226 e. The van der Waals surface area contributed by atoms with Crippen molar-refractivity contribution in [3.8, 4) is 11.5 Å². The van der Waals surface area contributed by atoms with E-state index >= 15 is 0 Å². The molecule has 0 radical (unpaired) electrons. The first-order chi connectivity index (χ1) is 11.8. The summed E-state index contributed by atoms with van der Waals surface area (Å²) in [5.74, 6) is 1.51. The van der Waals surface area contributed by atoms with E-state index in [1.54, 1.807) is 6.20 Å². The molecule has 124 valence electrons. The van der Waals surface area contributed by atoms with E-state index in [9.17, 15) is 0 Å². The molecule has 1 fully saturated rings. The van der Waals surface area contributed by atoms with Crippen LogP contribution in [-0.4, -0.2) is 27.8 Å². The highest BCUT2D eigenvalue weighted by molar-refractivity contribution is 5.53. The molecule has 0 unspecified atom stereocenters. The number of nitrogens with zero attached hydrogens (tertiary/aromatic N) is 2. The van der Waals surface area contributed by atoms with Crippen LogP contribution in [0, 0.1) is 6.92 Å². The van der Waals surface area contributed by atoms with Crippen LogP contribution in [0.2, 0.25) is 0 Å². The lowest BCUT2D eigenvalue weighted by atomic mass is 10.1. The van der Waals surface area contributed by atoms with Crippen LogP contribution in [0.3, 0.4) is 0 Å². The number of rotatable bonds is 5. The van der Waals surface area contributed by atoms with Gasteiger partial charge >= 0.3 is 0 Å². The van der Waals surface area contributed by atoms with Gasteiger partial charge in [-0.3, -0.25) is 5.10 Å². The number of benzene rings is 1. The SMILES string of the molecule is Cc1oc(-c2ccccc2)nc1CN[C@H]1CCO[C@@H]1c1ccn[nH]1. The third kappa shape index (κ3) is 2.98. The van der Waals surface area contributed by atoms with E-state index in [2.05, 4.69) is 20.5 Å². The largest absolute Gasteiger partial charge is 0.441 e. The predicted molar refractivity (Wildman–Crippen MR) is 89.2 cm³/mol. The number of hydrogen-bond donors (Lipinski definition) is 2. The van der Waals surface area contributed by atoms with Gasteiger partial charge in [-0.25, -0.2) is 4.98 Å². The van der Waals surface area contributed by atoms with E-state index in [4.69, 9.17) is 9.15 Å². The zero-order valence-corrected chi connectivity index (χ0v) is 13.5. The molecule has 1 aliphatic heterocycles. The maximum Gasteiger partial charge on any atom is 0.226 e. The fourth-order valence-electron chi connectivity index (χ4n) is 3.05. The van der Waals surface area contributed by atoms with Gasteiger partial charge in [-0.05, 0) is 31.5 Å². The van der Waals surface area contributed by atoms with Gasteiger partial charge in [0.2, 0.25) is 5.89 Å². The van der Waals surface area contributed by atoms with Crippen molar-refractivity contribution in [2.75, 3.05) is 6.61 Å². The van der Waals surface area contributed by atoms with Crippen LogP contribution < -0.4 is 5.32 Å². The van der Waals surface area contributed by atoms with Crippen LogP contribution in [0.1, 0.15) is 29.7 Å². The Balaban J connectivity index is 1.45. The summed E-state index contributed by atoms with van der Waals surface area (Å²) in [6.07, 6.45) is 2.72. The summed E-state index contributed by atoms with van der Waals surface area (Å²) in [6.45, 7) is 3.35. The van der Waals surface area contributed by atoms with Gasteiger partial charge in [0, 0.05) is 31.0 Å². The quantitative estimate of drug-likeness (QED) is 0.754. The van der Waals surface area contributed by atoms with Gasteiger partial charge in [0.1, 0.15) is 11.9 Å². The van der Waals surface area contributed by atoms with Crippen molar-refractivity contribution in [2.45, 2.75) is 32.0 Å². The monoisotopic (exact) mass is 324 g/mol. The summed E-state index contributed by atoms with van der Waals surface area (Å²) in [4.78, 5) is 4.64. The molecular formula is C18H20N4O2. The Hall–Kier alpha value is -2.44. The minimum Gasteiger partial charge on any atom is -0.441 e. The molecular weight excluding hydrogens is 304 g/mol. The van der Waals surface area contributed by atoms with Gasteiger partial charge in [-0.2, -0.15) is 5.10 Å². The van der Waals surface area contributed by atoms with Crippen molar-refractivity contribution in [3.05, 3.63) is 59.7 Å². The van der Waals surface area contributed by atoms with E-state index in [0.717, 1.165) is 35.7 Å². The molecule has 3 aromatic rings. The molecule has 0 saturated carbocycles. The standard InChI is InChI=1S/C18H20N4O2/c1-12-16(21-18(24-12)13-5-3-2-4-6-13)11-19-14-8-10-23-17(14)15-7-9-20-22-15/h2-7,9,14,17,19H,8,10-11H2,1H3,(H,20,22)/t14-,17-/m0/s1. The van der Waals surface area contributed by atoms with Crippen LogP contribution in [0.4, 0.5) is 0 Å². The lowest BCUT2D eigenvalue weighted by molar-refractivity contribution is 0.0950. The van der Waals surface area contributed by atoms with Crippen LogP contribution in [0.25, 0.3) is 11.5 Å². The molecule has 0 bridgehead atoms. The number of aryl methyl sites for hydroxylation is 1. The number of ether oxygens (including phenoxy) is 1. The summed E-state index contributed by atoms with van der Waals surface area (Å²) in [5.41, 5.74) is 2.93. The fourth-order valence-corrected chi connectivity index (χ4v) is 3.05. The summed E-state index contributed by atoms with van der Waals surface area (Å²) >= 11 is 0. The van der Waals surface area contributed by atoms with Crippen LogP contribution >= 0.6 is 0 Å². The van der Waals surface area contributed by atoms with E-state index in [1.165, 1.54) is 0 Å². The van der Waals surface area contributed by atoms with E-state index in [0.29, 0.717) is 12.4 Å². The molecule has 0 amide bonds. The van der Waals surface area contributed by atoms with E-state index in [1.807, 2.05) is 43.3 Å². The summed E-state index contributed by atoms with van der Waals surface area (Å²) in [6, 6.07) is 12.1. The normalized spacial score (nSPS) is 20.5. The molecule has 0 spiro atoms. The van der Waals surface area contributed by atoms with E-state index < -0.39 is 0 Å². The first-order valence-electron chi connectivity index (χ1n) is 8.17. The number of oxazole rings is 1. The maximum atomic E-state index is 5.83. The minimum atomic E-state index is 0.00769. The maximum absolute atomic E-state index is 5.83.